The maximum atomic E-state index is 12.2. The van der Waals surface area contributed by atoms with Crippen LogP contribution in [-0.4, -0.2) is 36.6 Å². The standard InChI is InChI=1S/C22H25ClN4O4/c1-4-14(2)25-21(29)22(30)27-24-12-16-7-5-8-17(11-16)31-13-20(28)26-19-10-6-9-18(23)15(19)3/h5-12,14H,4,13H2,1-3H3,(H,25,29)(H,26,28)(H,27,30)/b24-12-/t14-/m0/s1. The van der Waals surface area contributed by atoms with E-state index in [0.717, 1.165) is 5.56 Å². The Bertz CT molecular complexity index is 978. The first-order valence-electron chi connectivity index (χ1n) is 9.71. The second-order valence-electron chi connectivity index (χ2n) is 6.80. The number of carbonyl (C=O) groups is 3. The van der Waals surface area contributed by atoms with Crippen LogP contribution in [0.4, 0.5) is 5.69 Å². The molecule has 0 heterocycles. The van der Waals surface area contributed by atoms with E-state index in [1.54, 1.807) is 49.4 Å². The minimum absolute atomic E-state index is 0.101. The minimum atomic E-state index is -0.850. The Morgan fingerprint density at radius 3 is 2.65 bits per heavy atom. The zero-order valence-corrected chi connectivity index (χ0v) is 18.3. The van der Waals surface area contributed by atoms with Crippen LogP contribution in [-0.2, 0) is 14.4 Å². The number of carbonyl (C=O) groups excluding carboxylic acids is 3. The Morgan fingerprint density at radius 2 is 1.90 bits per heavy atom. The zero-order valence-electron chi connectivity index (χ0n) is 17.6. The van der Waals surface area contributed by atoms with Crippen LogP contribution in [0.5, 0.6) is 5.75 Å². The van der Waals surface area contributed by atoms with E-state index < -0.39 is 11.8 Å². The van der Waals surface area contributed by atoms with Crippen LogP contribution in [0, 0.1) is 6.92 Å². The van der Waals surface area contributed by atoms with E-state index in [4.69, 9.17) is 16.3 Å². The van der Waals surface area contributed by atoms with E-state index in [1.165, 1.54) is 6.21 Å². The number of amides is 3. The van der Waals surface area contributed by atoms with Crippen LogP contribution in [0.1, 0.15) is 31.4 Å². The lowest BCUT2D eigenvalue weighted by Gasteiger charge is -2.10. The molecule has 164 valence electrons. The molecule has 0 saturated carbocycles. The van der Waals surface area contributed by atoms with Crippen molar-refractivity contribution in [3.8, 4) is 5.75 Å². The first kappa shape index (κ1) is 23.9. The number of ether oxygens (including phenoxy) is 1. The van der Waals surface area contributed by atoms with Gasteiger partial charge >= 0.3 is 11.8 Å². The van der Waals surface area contributed by atoms with Crippen molar-refractivity contribution in [3.63, 3.8) is 0 Å². The molecule has 0 saturated heterocycles. The quantitative estimate of drug-likeness (QED) is 0.330. The summed E-state index contributed by atoms with van der Waals surface area (Å²) in [4.78, 5) is 35.5. The smallest absolute Gasteiger partial charge is 0.329 e. The van der Waals surface area contributed by atoms with E-state index in [9.17, 15) is 14.4 Å². The maximum Gasteiger partial charge on any atom is 0.329 e. The second-order valence-corrected chi connectivity index (χ2v) is 7.21. The van der Waals surface area contributed by atoms with E-state index in [-0.39, 0.29) is 18.6 Å². The van der Waals surface area contributed by atoms with Crippen LogP contribution >= 0.6 is 11.6 Å². The summed E-state index contributed by atoms with van der Waals surface area (Å²) < 4.78 is 5.51. The van der Waals surface area contributed by atoms with Crippen LogP contribution in [0.2, 0.25) is 5.02 Å². The number of hydrogen-bond acceptors (Lipinski definition) is 5. The number of halogens is 1. The van der Waals surface area contributed by atoms with Crippen molar-refractivity contribution < 1.29 is 19.1 Å². The summed E-state index contributed by atoms with van der Waals surface area (Å²) in [6.07, 6.45) is 2.09. The number of anilines is 1. The average Bonchev–Trinajstić information content (AvgIpc) is 2.75. The van der Waals surface area contributed by atoms with Gasteiger partial charge in [0.05, 0.1) is 6.21 Å². The Balaban J connectivity index is 1.86. The molecule has 0 radical (unpaired) electrons. The molecule has 3 N–H and O–H groups in total. The molecular formula is C22H25ClN4O4. The molecule has 0 aromatic heterocycles. The van der Waals surface area contributed by atoms with Crippen LogP contribution in [0.15, 0.2) is 47.6 Å². The summed E-state index contributed by atoms with van der Waals surface area (Å²) in [5, 5.41) is 9.64. The molecule has 0 unspecified atom stereocenters. The maximum absolute atomic E-state index is 12.2. The summed E-state index contributed by atoms with van der Waals surface area (Å²) >= 11 is 6.05. The van der Waals surface area contributed by atoms with Gasteiger partial charge in [0.25, 0.3) is 5.91 Å². The van der Waals surface area contributed by atoms with Crippen molar-refractivity contribution in [2.24, 2.45) is 5.10 Å². The molecule has 1 atom stereocenters. The molecule has 2 aromatic carbocycles. The van der Waals surface area contributed by atoms with Crippen molar-refractivity contribution in [2.75, 3.05) is 11.9 Å². The van der Waals surface area contributed by atoms with Gasteiger partial charge in [0.15, 0.2) is 6.61 Å². The largest absolute Gasteiger partial charge is 0.484 e. The van der Waals surface area contributed by atoms with Gasteiger partial charge in [-0.1, -0.05) is 36.7 Å². The fourth-order valence-corrected chi connectivity index (χ4v) is 2.54. The summed E-state index contributed by atoms with van der Waals surface area (Å²) in [6.45, 7) is 5.32. The fourth-order valence-electron chi connectivity index (χ4n) is 2.37. The summed E-state index contributed by atoms with van der Waals surface area (Å²) in [6, 6.07) is 11.9. The number of hydrogen-bond donors (Lipinski definition) is 3. The molecule has 8 nitrogen and oxygen atoms in total. The molecule has 0 aliphatic heterocycles. The van der Waals surface area contributed by atoms with Gasteiger partial charge < -0.3 is 15.4 Å². The molecule has 0 aliphatic carbocycles. The molecular weight excluding hydrogens is 420 g/mol. The molecule has 0 spiro atoms. The molecule has 0 fully saturated rings. The highest BCUT2D eigenvalue weighted by molar-refractivity contribution is 6.35. The highest BCUT2D eigenvalue weighted by atomic mass is 35.5. The Kier molecular flexibility index (Phi) is 9.02. The normalized spacial score (nSPS) is 11.6. The van der Waals surface area contributed by atoms with Crippen LogP contribution in [0.25, 0.3) is 0 Å². The SMILES string of the molecule is CC[C@H](C)NC(=O)C(=O)N/N=C\c1cccc(OCC(=O)Nc2cccc(Cl)c2C)c1. The van der Waals surface area contributed by atoms with E-state index in [1.807, 2.05) is 13.8 Å². The molecule has 0 bridgehead atoms. The number of rotatable bonds is 8. The monoisotopic (exact) mass is 444 g/mol. The first-order chi connectivity index (χ1) is 14.8. The topological polar surface area (TPSA) is 109 Å². The first-order valence-corrected chi connectivity index (χ1v) is 10.1. The lowest BCUT2D eigenvalue weighted by Crippen LogP contribution is -2.41. The van der Waals surface area contributed by atoms with Gasteiger partial charge in [-0.2, -0.15) is 5.10 Å². The Hall–Kier alpha value is -3.39. The zero-order chi connectivity index (χ0) is 22.8. The van der Waals surface area contributed by atoms with Crippen molar-refractivity contribution in [3.05, 3.63) is 58.6 Å². The number of hydrazone groups is 1. The number of benzene rings is 2. The van der Waals surface area contributed by atoms with Crippen molar-refractivity contribution in [2.45, 2.75) is 33.2 Å². The highest BCUT2D eigenvalue weighted by Crippen LogP contribution is 2.22. The fraction of sp³-hybridized carbons (Fsp3) is 0.273. The third kappa shape index (κ3) is 7.75. The van der Waals surface area contributed by atoms with Crippen LogP contribution < -0.4 is 20.8 Å². The van der Waals surface area contributed by atoms with Gasteiger partial charge in [0.1, 0.15) is 5.75 Å². The lowest BCUT2D eigenvalue weighted by atomic mass is 10.2. The third-order valence-corrected chi connectivity index (χ3v) is 4.76. The van der Waals surface area contributed by atoms with Gasteiger partial charge in [-0.05, 0) is 55.7 Å². The summed E-state index contributed by atoms with van der Waals surface area (Å²) in [7, 11) is 0. The summed E-state index contributed by atoms with van der Waals surface area (Å²) in [5.41, 5.74) is 4.18. The van der Waals surface area contributed by atoms with E-state index in [2.05, 4.69) is 21.2 Å². The molecule has 2 aromatic rings. The Labute approximate surface area is 186 Å². The van der Waals surface area contributed by atoms with Gasteiger partial charge in [-0.25, -0.2) is 5.43 Å². The van der Waals surface area contributed by atoms with Crippen molar-refractivity contribution in [1.82, 2.24) is 10.7 Å². The van der Waals surface area contributed by atoms with Crippen molar-refractivity contribution >= 4 is 41.2 Å². The third-order valence-electron chi connectivity index (χ3n) is 4.35. The van der Waals surface area contributed by atoms with Gasteiger partial charge in [-0.15, -0.1) is 0 Å². The summed E-state index contributed by atoms with van der Waals surface area (Å²) in [5.74, 6) is -1.48. The van der Waals surface area contributed by atoms with Gasteiger partial charge in [-0.3, -0.25) is 14.4 Å². The van der Waals surface area contributed by atoms with Crippen LogP contribution in [0.3, 0.4) is 0 Å². The Morgan fingerprint density at radius 1 is 1.16 bits per heavy atom. The molecule has 3 amide bonds. The number of nitrogens with one attached hydrogen (secondary N) is 3. The molecule has 9 heteroatoms. The second kappa shape index (κ2) is 11.7. The van der Waals surface area contributed by atoms with E-state index in [0.29, 0.717) is 28.4 Å². The number of nitrogens with zero attached hydrogens (tertiary/aromatic N) is 1. The highest BCUT2D eigenvalue weighted by Gasteiger charge is 2.14. The van der Waals surface area contributed by atoms with E-state index >= 15 is 0 Å². The van der Waals surface area contributed by atoms with Gasteiger partial charge in [0.2, 0.25) is 0 Å². The van der Waals surface area contributed by atoms with Crippen molar-refractivity contribution in [1.29, 1.82) is 0 Å². The molecule has 0 aliphatic rings. The molecule has 31 heavy (non-hydrogen) atoms. The predicted molar refractivity (Wildman–Crippen MR) is 120 cm³/mol. The molecule has 2 rings (SSSR count). The average molecular weight is 445 g/mol. The van der Waals surface area contributed by atoms with Gasteiger partial charge in [0, 0.05) is 16.8 Å². The predicted octanol–water partition coefficient (Wildman–Crippen LogP) is 3.03. The minimum Gasteiger partial charge on any atom is -0.484 e. The lowest BCUT2D eigenvalue weighted by molar-refractivity contribution is -0.139.